The van der Waals surface area contributed by atoms with Crippen LogP contribution in [0.25, 0.3) is 0 Å². The van der Waals surface area contributed by atoms with Crippen LogP contribution >= 0.6 is 0 Å². The second-order valence-corrected chi connectivity index (χ2v) is 11.2. The number of hydrogen-bond acceptors (Lipinski definition) is 6. The largest absolute Gasteiger partial charge is 0.289 e. The Bertz CT molecular complexity index is 1780. The van der Waals surface area contributed by atoms with Gasteiger partial charge in [-0.25, -0.2) is 0 Å². The van der Waals surface area contributed by atoms with Crippen molar-refractivity contribution in [2.75, 3.05) is 0 Å². The summed E-state index contributed by atoms with van der Waals surface area (Å²) in [5.74, 6) is -3.43. The minimum atomic E-state index is -0.571. The summed E-state index contributed by atoms with van der Waals surface area (Å²) in [6, 6.07) is 37.4. The number of rotatable bonds is 0. The normalized spacial score (nSPS) is 13.2. The number of carbonyl (C=O) groups excluding carboxylic acids is 6. The molecular formula is C42H24O6. The number of ketones is 6. The second kappa shape index (κ2) is 12.3. The lowest BCUT2D eigenvalue weighted by molar-refractivity contribution is 0.0979. The van der Waals surface area contributed by atoms with Crippen molar-refractivity contribution in [1.29, 1.82) is 0 Å². The van der Waals surface area contributed by atoms with Crippen molar-refractivity contribution in [1.82, 2.24) is 0 Å². The van der Waals surface area contributed by atoms with Gasteiger partial charge in [-0.1, -0.05) is 146 Å². The molecule has 0 N–H and O–H groups in total. The fraction of sp³-hybridized carbons (Fsp3) is 0. The summed E-state index contributed by atoms with van der Waals surface area (Å²) in [5.41, 5.74) is 0.500. The molecule has 0 heterocycles. The topological polar surface area (TPSA) is 102 Å². The van der Waals surface area contributed by atoms with Crippen molar-refractivity contribution in [3.05, 3.63) is 212 Å². The molecule has 0 saturated carbocycles. The van der Waals surface area contributed by atoms with E-state index in [-0.39, 0.29) is 66.8 Å². The molecule has 6 nitrogen and oxygen atoms in total. The molecule has 228 valence electrons. The van der Waals surface area contributed by atoms with Crippen LogP contribution in [0.1, 0.15) is 95.5 Å². The summed E-state index contributed by atoms with van der Waals surface area (Å²) < 4.78 is 0. The third-order valence-electron chi connectivity index (χ3n) is 8.50. The first-order valence-corrected chi connectivity index (χ1v) is 15.2. The summed E-state index contributed by atoms with van der Waals surface area (Å²) in [5, 5.41) is 0. The fourth-order valence-corrected chi connectivity index (χ4v) is 6.15. The standard InChI is InChI=1S/C42H24O6/c43-37-25-13-1-2-14-26(25)38(44)29-17-5-6-18-30(29)40(46)33-21-9-10-22-34(33)42(48)36-24-12-11-23-35(36)41(47)32-20-8-7-19-31(32)39(45)28-16-4-3-15-27(28)37/h1-24H. The van der Waals surface area contributed by atoms with Crippen LogP contribution in [-0.4, -0.2) is 34.7 Å². The van der Waals surface area contributed by atoms with Gasteiger partial charge in [0.25, 0.3) is 0 Å². The van der Waals surface area contributed by atoms with Crippen molar-refractivity contribution in [2.45, 2.75) is 0 Å². The van der Waals surface area contributed by atoms with Gasteiger partial charge in [0.1, 0.15) is 0 Å². The molecule has 0 atom stereocenters. The van der Waals surface area contributed by atoms with Crippen LogP contribution in [0.5, 0.6) is 0 Å². The van der Waals surface area contributed by atoms with Gasteiger partial charge < -0.3 is 0 Å². The first-order valence-electron chi connectivity index (χ1n) is 15.2. The van der Waals surface area contributed by atoms with Crippen molar-refractivity contribution in [3.8, 4) is 0 Å². The van der Waals surface area contributed by atoms with Crippen LogP contribution in [-0.2, 0) is 0 Å². The molecule has 0 bridgehead atoms. The molecule has 0 saturated heterocycles. The second-order valence-electron chi connectivity index (χ2n) is 11.2. The Balaban J connectivity index is 1.54. The van der Waals surface area contributed by atoms with Crippen molar-refractivity contribution >= 4 is 34.7 Å². The van der Waals surface area contributed by atoms with E-state index in [1.807, 2.05) is 0 Å². The zero-order valence-corrected chi connectivity index (χ0v) is 25.3. The number of hydrogen-bond donors (Lipinski definition) is 0. The van der Waals surface area contributed by atoms with Gasteiger partial charge in [0.15, 0.2) is 34.7 Å². The predicted molar refractivity (Wildman–Crippen MR) is 179 cm³/mol. The molecule has 7 rings (SSSR count). The highest BCUT2D eigenvalue weighted by molar-refractivity contribution is 6.30. The highest BCUT2D eigenvalue weighted by Gasteiger charge is 2.30. The van der Waals surface area contributed by atoms with Gasteiger partial charge in [0, 0.05) is 66.8 Å². The maximum absolute atomic E-state index is 14.3. The predicted octanol–water partition coefficient (Wildman–Crippen LogP) is 7.39. The lowest BCUT2D eigenvalue weighted by atomic mass is 9.84. The monoisotopic (exact) mass is 624 g/mol. The van der Waals surface area contributed by atoms with E-state index >= 15 is 0 Å². The van der Waals surface area contributed by atoms with Gasteiger partial charge in [-0.05, 0) is 0 Å². The Labute approximate surface area is 275 Å². The zero-order valence-electron chi connectivity index (χ0n) is 25.3. The summed E-state index contributed by atoms with van der Waals surface area (Å²) in [7, 11) is 0. The van der Waals surface area contributed by atoms with Gasteiger partial charge in [-0.3, -0.25) is 28.8 Å². The van der Waals surface area contributed by atoms with E-state index in [0.717, 1.165) is 0 Å². The first kappa shape index (κ1) is 30.0. The smallest absolute Gasteiger partial charge is 0.194 e. The zero-order chi connectivity index (χ0) is 33.4. The van der Waals surface area contributed by atoms with E-state index in [2.05, 4.69) is 0 Å². The Morgan fingerprint density at radius 1 is 0.167 bits per heavy atom. The fourth-order valence-electron chi connectivity index (χ4n) is 6.15. The van der Waals surface area contributed by atoms with Crippen LogP contribution in [0.3, 0.4) is 0 Å². The molecule has 0 radical (unpaired) electrons. The third-order valence-corrected chi connectivity index (χ3v) is 8.50. The summed E-state index contributed by atoms with van der Waals surface area (Å²) >= 11 is 0. The average Bonchev–Trinajstić information content (AvgIpc) is 3.16. The number of carbonyl (C=O) groups is 6. The van der Waals surface area contributed by atoms with E-state index in [4.69, 9.17) is 0 Å². The van der Waals surface area contributed by atoms with E-state index in [9.17, 15) is 28.8 Å². The molecule has 1 aliphatic carbocycles. The van der Waals surface area contributed by atoms with Crippen LogP contribution < -0.4 is 0 Å². The van der Waals surface area contributed by atoms with Crippen molar-refractivity contribution < 1.29 is 28.8 Å². The van der Waals surface area contributed by atoms with Gasteiger partial charge in [0.2, 0.25) is 0 Å². The molecule has 6 heteroatoms. The Hall–Kier alpha value is -6.66. The Morgan fingerprint density at radius 2 is 0.250 bits per heavy atom. The number of fused-ring (bicyclic) bond motifs is 6. The highest BCUT2D eigenvalue weighted by Crippen LogP contribution is 2.29. The lowest BCUT2D eigenvalue weighted by Crippen LogP contribution is -2.20. The van der Waals surface area contributed by atoms with Crippen LogP contribution in [0.2, 0.25) is 0 Å². The summed E-state index contributed by atoms with van der Waals surface area (Å²) in [6.07, 6.45) is 0. The van der Waals surface area contributed by atoms with Crippen LogP contribution in [0, 0.1) is 0 Å². The average molecular weight is 625 g/mol. The first-order chi connectivity index (χ1) is 23.4. The van der Waals surface area contributed by atoms with E-state index in [1.54, 1.807) is 72.8 Å². The van der Waals surface area contributed by atoms with Gasteiger partial charge >= 0.3 is 0 Å². The van der Waals surface area contributed by atoms with Gasteiger partial charge in [0.05, 0.1) is 0 Å². The minimum Gasteiger partial charge on any atom is -0.289 e. The van der Waals surface area contributed by atoms with E-state index in [1.165, 1.54) is 72.8 Å². The molecule has 0 aromatic heterocycles. The summed E-state index contributed by atoms with van der Waals surface area (Å²) in [6.45, 7) is 0. The lowest BCUT2D eigenvalue weighted by Gasteiger charge is -2.16. The quantitative estimate of drug-likeness (QED) is 0.174. The maximum Gasteiger partial charge on any atom is 0.194 e. The molecule has 1 aliphatic rings. The van der Waals surface area contributed by atoms with Gasteiger partial charge in [-0.15, -0.1) is 0 Å². The molecule has 6 aromatic rings. The summed E-state index contributed by atoms with van der Waals surface area (Å²) in [4.78, 5) is 85.5. The molecule has 48 heavy (non-hydrogen) atoms. The molecule has 0 amide bonds. The molecular weight excluding hydrogens is 600 g/mol. The van der Waals surface area contributed by atoms with Crippen LogP contribution in [0.15, 0.2) is 146 Å². The molecule has 0 fully saturated rings. The van der Waals surface area contributed by atoms with Crippen molar-refractivity contribution in [3.63, 3.8) is 0 Å². The molecule has 6 aromatic carbocycles. The number of benzene rings is 6. The minimum absolute atomic E-state index is 0.0417. The highest BCUT2D eigenvalue weighted by atomic mass is 16.2. The molecule has 0 spiro atoms. The van der Waals surface area contributed by atoms with E-state index in [0.29, 0.717) is 0 Å². The SMILES string of the molecule is O=C1c2ccccc2C(=O)c2ccccc2C(=O)c2ccccc2C(=O)c2ccccc2C(=O)c2ccccc2C(=O)c2ccccc21. The third kappa shape index (κ3) is 5.02. The Kier molecular flexibility index (Phi) is 7.67. The Morgan fingerprint density at radius 3 is 0.333 bits per heavy atom. The van der Waals surface area contributed by atoms with Gasteiger partial charge in [-0.2, -0.15) is 0 Å². The molecule has 0 aliphatic heterocycles. The van der Waals surface area contributed by atoms with Crippen molar-refractivity contribution in [2.24, 2.45) is 0 Å². The molecule has 0 unspecified atom stereocenters. The van der Waals surface area contributed by atoms with Crippen LogP contribution in [0.4, 0.5) is 0 Å². The van der Waals surface area contributed by atoms with E-state index < -0.39 is 34.7 Å². The maximum atomic E-state index is 14.3.